The molecule has 18 heteroatoms. The van der Waals surface area contributed by atoms with Crippen molar-refractivity contribution in [2.45, 2.75) is 373 Å². The van der Waals surface area contributed by atoms with E-state index in [1.165, 1.54) is 128 Å². The van der Waals surface area contributed by atoms with Gasteiger partial charge in [0.2, 0.25) is 0 Å². The number of allylic oxidation sites excluding steroid dienone is 24. The lowest BCUT2D eigenvalue weighted by atomic mass is 10.0. The van der Waals surface area contributed by atoms with E-state index >= 15 is 0 Å². The monoisotopic (exact) mass is 1570 g/mol. The van der Waals surface area contributed by atoms with Crippen molar-refractivity contribution < 1.29 is 75.8 Å². The van der Waals surface area contributed by atoms with Crippen LogP contribution in [0.5, 0.6) is 0 Å². The van der Waals surface area contributed by atoms with E-state index in [4.69, 9.17) is 32.3 Å². The molecule has 0 saturated carbocycles. The van der Waals surface area contributed by atoms with Crippen LogP contribution in [0.4, 0.5) is 0 Å². The first-order valence-electron chi connectivity index (χ1n) is 43.1. The highest BCUT2D eigenvalue weighted by molar-refractivity contribution is 7.47. The number of hydrogen-bond donors (Lipinski definition) is 4. The van der Waals surface area contributed by atoms with Crippen molar-refractivity contribution in [3.05, 3.63) is 146 Å². The number of ether oxygens (including phenoxy) is 3. The molecule has 0 aromatic carbocycles. The molecule has 0 saturated heterocycles. The summed E-state index contributed by atoms with van der Waals surface area (Å²) in [7, 11) is -9.79. The van der Waals surface area contributed by atoms with E-state index in [0.29, 0.717) is 19.3 Å². The molecule has 0 bridgehead atoms. The van der Waals surface area contributed by atoms with Crippen LogP contribution < -0.4 is 0 Å². The maximum absolute atomic E-state index is 12.9. The SMILES string of the molecule is CC/C=C\C/C=C\C/C=C\C/C=C\C/C=C\C/C=C\CCCCCCCCCCC(=O)OCC(COP(=O)(O)OCC(O)COP(=O)(O)OCC(O)COC(=O)CCCCCCCCCCCCCCCCCCCCC/C=C\C/C=C\C/C=C\C/C=C\C/C=C\CC)OC(=O)CCCCCCC/C=C\CCCC. The number of unbranched alkanes of at least 4 members (excludes halogenated alkanes) is 34. The molecule has 0 heterocycles. The highest BCUT2D eigenvalue weighted by Gasteiger charge is 2.29. The first-order valence-corrected chi connectivity index (χ1v) is 46.1. The highest BCUT2D eigenvalue weighted by Crippen LogP contribution is 2.45. The molecule has 0 aromatic rings. The van der Waals surface area contributed by atoms with Crippen LogP contribution in [-0.4, -0.2) is 95.9 Å². The summed E-state index contributed by atoms with van der Waals surface area (Å²) >= 11 is 0. The Kier molecular flexibility index (Phi) is 79.4. The zero-order valence-corrected chi connectivity index (χ0v) is 70.5. The summed E-state index contributed by atoms with van der Waals surface area (Å²) in [5, 5.41) is 20.7. The average molecular weight is 1570 g/mol. The summed E-state index contributed by atoms with van der Waals surface area (Å²) in [6.45, 7) is 2.42. The minimum atomic E-state index is -4.93. The standard InChI is InChI=1S/C91H156O16P2/c1-4-7-10-13-16-19-22-24-26-28-30-32-34-36-38-39-40-41-42-43-44-45-47-49-50-52-54-56-58-60-63-65-68-71-74-77-89(94)101-80-86(92)81-103-108(97,98)104-82-87(93)83-105-109(99,100)106-85-88(107-91(96)79-76-73-70-67-62-21-18-15-12-9-6-3)84-102-90(95)78-75-72-69-66-64-61-59-57-55-53-51-48-46-37-35-33-31-29-27-25-23-20-17-14-11-8-5-2/h7-8,10-11,15-20,24-27,30-33,36-38,46,51,53,86-88,92-93H,4-6,9,12-14,21-23,28-29,34-35,39-45,47-50,52,54-85H2,1-3H3,(H,97,98)(H,99,100)/b10-7-,11-8-,18-15-,19-16-,20-17-,26-24-,27-25-,32-30-,33-31-,38-36-,46-37-,53-51-. The topological polar surface area (TPSA) is 231 Å². The second-order valence-electron chi connectivity index (χ2n) is 28.6. The number of aliphatic hydroxyl groups is 2. The first kappa shape index (κ1) is 104. The molecule has 0 aliphatic heterocycles. The molecule has 0 rings (SSSR count). The molecule has 0 aliphatic carbocycles. The fourth-order valence-electron chi connectivity index (χ4n) is 11.5. The smallest absolute Gasteiger partial charge is 0.463 e. The summed E-state index contributed by atoms with van der Waals surface area (Å²) in [6.07, 6.45) is 104. The molecule has 5 atom stereocenters. The van der Waals surface area contributed by atoms with Crippen LogP contribution in [0.25, 0.3) is 0 Å². The molecular formula is C91H156O16P2. The van der Waals surface area contributed by atoms with Crippen LogP contribution in [0, 0.1) is 0 Å². The Morgan fingerprint density at radius 3 is 0.780 bits per heavy atom. The lowest BCUT2D eigenvalue weighted by Crippen LogP contribution is -2.30. The number of phosphoric acid groups is 2. The first-order chi connectivity index (χ1) is 53.2. The summed E-state index contributed by atoms with van der Waals surface area (Å²) in [6, 6.07) is 0. The van der Waals surface area contributed by atoms with Gasteiger partial charge in [-0.2, -0.15) is 0 Å². The van der Waals surface area contributed by atoms with E-state index in [-0.39, 0.29) is 19.3 Å². The van der Waals surface area contributed by atoms with Gasteiger partial charge in [0.15, 0.2) is 6.10 Å². The fourth-order valence-corrected chi connectivity index (χ4v) is 13.1. The Morgan fingerprint density at radius 2 is 0.486 bits per heavy atom. The zero-order valence-electron chi connectivity index (χ0n) is 68.7. The van der Waals surface area contributed by atoms with Gasteiger partial charge >= 0.3 is 33.6 Å². The third-order valence-corrected chi connectivity index (χ3v) is 19.9. The summed E-state index contributed by atoms with van der Waals surface area (Å²) in [4.78, 5) is 58.7. The van der Waals surface area contributed by atoms with Crippen molar-refractivity contribution in [3.63, 3.8) is 0 Å². The molecule has 0 amide bonds. The summed E-state index contributed by atoms with van der Waals surface area (Å²) in [5.74, 6) is -1.59. The maximum atomic E-state index is 12.9. The lowest BCUT2D eigenvalue weighted by molar-refractivity contribution is -0.161. The van der Waals surface area contributed by atoms with E-state index in [1.54, 1.807) is 0 Å². The molecule has 0 radical (unpaired) electrons. The van der Waals surface area contributed by atoms with Gasteiger partial charge in [-0.25, -0.2) is 9.13 Å². The Morgan fingerprint density at radius 1 is 0.266 bits per heavy atom. The zero-order chi connectivity index (χ0) is 79.4. The molecule has 109 heavy (non-hydrogen) atoms. The fraction of sp³-hybridized carbons (Fsp3) is 0.703. The molecule has 0 spiro atoms. The van der Waals surface area contributed by atoms with Crippen molar-refractivity contribution in [2.75, 3.05) is 39.6 Å². The van der Waals surface area contributed by atoms with Crippen molar-refractivity contribution in [2.24, 2.45) is 0 Å². The van der Waals surface area contributed by atoms with Gasteiger partial charge in [-0.05, 0) is 135 Å². The molecule has 0 aromatic heterocycles. The van der Waals surface area contributed by atoms with Crippen molar-refractivity contribution >= 4 is 33.6 Å². The number of phosphoric ester groups is 2. The predicted octanol–water partition coefficient (Wildman–Crippen LogP) is 26.0. The molecule has 0 fully saturated rings. The van der Waals surface area contributed by atoms with Gasteiger partial charge in [-0.1, -0.05) is 346 Å². The number of aliphatic hydroxyl groups excluding tert-OH is 2. The normalized spacial score (nSPS) is 14.6. The van der Waals surface area contributed by atoms with Gasteiger partial charge in [0.25, 0.3) is 0 Å². The quantitative estimate of drug-likeness (QED) is 0.0146. The van der Waals surface area contributed by atoms with Gasteiger partial charge in [0.1, 0.15) is 25.4 Å². The average Bonchev–Trinajstić information content (AvgIpc) is 0.901. The number of carbonyl (C=O) groups excluding carboxylic acids is 3. The van der Waals surface area contributed by atoms with Crippen molar-refractivity contribution in [1.29, 1.82) is 0 Å². The molecule has 626 valence electrons. The Labute approximate surface area is 664 Å². The summed E-state index contributed by atoms with van der Waals surface area (Å²) < 4.78 is 61.2. The van der Waals surface area contributed by atoms with E-state index < -0.39 is 91.5 Å². The third kappa shape index (κ3) is 84.2. The lowest BCUT2D eigenvalue weighted by Gasteiger charge is -2.21. The van der Waals surface area contributed by atoms with Gasteiger partial charge < -0.3 is 34.2 Å². The maximum Gasteiger partial charge on any atom is 0.472 e. The van der Waals surface area contributed by atoms with Gasteiger partial charge in [0, 0.05) is 19.3 Å². The Hall–Kier alpha value is -4.57. The van der Waals surface area contributed by atoms with E-state index in [0.717, 1.165) is 167 Å². The summed E-state index contributed by atoms with van der Waals surface area (Å²) in [5.41, 5.74) is 0. The number of hydrogen-bond acceptors (Lipinski definition) is 14. The second kappa shape index (κ2) is 82.9. The minimum Gasteiger partial charge on any atom is -0.463 e. The second-order valence-corrected chi connectivity index (χ2v) is 31.5. The van der Waals surface area contributed by atoms with Crippen LogP contribution >= 0.6 is 15.6 Å². The number of rotatable bonds is 81. The van der Waals surface area contributed by atoms with Gasteiger partial charge in [-0.3, -0.25) is 32.5 Å². The van der Waals surface area contributed by atoms with Crippen LogP contribution in [0.3, 0.4) is 0 Å². The molecule has 16 nitrogen and oxygen atoms in total. The molecule has 4 N–H and O–H groups in total. The van der Waals surface area contributed by atoms with Crippen LogP contribution in [-0.2, 0) is 55.8 Å². The number of carbonyl (C=O) groups is 3. The highest BCUT2D eigenvalue weighted by atomic mass is 31.2. The van der Waals surface area contributed by atoms with E-state index in [2.05, 4.69) is 167 Å². The molecular weight excluding hydrogens is 1410 g/mol. The van der Waals surface area contributed by atoms with Gasteiger partial charge in [0.05, 0.1) is 26.4 Å². The third-order valence-electron chi connectivity index (χ3n) is 18.0. The van der Waals surface area contributed by atoms with Crippen LogP contribution in [0.2, 0.25) is 0 Å². The predicted molar refractivity (Wildman–Crippen MR) is 454 cm³/mol. The number of esters is 3. The molecule has 5 unspecified atom stereocenters. The Balaban J connectivity index is 4.35. The Bertz CT molecular complexity index is 2560. The van der Waals surface area contributed by atoms with E-state index in [1.807, 2.05) is 0 Å². The van der Waals surface area contributed by atoms with Crippen LogP contribution in [0.15, 0.2) is 146 Å². The van der Waals surface area contributed by atoms with Crippen molar-refractivity contribution in [3.8, 4) is 0 Å². The largest absolute Gasteiger partial charge is 0.472 e. The van der Waals surface area contributed by atoms with Crippen molar-refractivity contribution in [1.82, 2.24) is 0 Å². The van der Waals surface area contributed by atoms with Crippen LogP contribution in [0.1, 0.15) is 355 Å². The van der Waals surface area contributed by atoms with E-state index in [9.17, 15) is 43.5 Å². The van der Waals surface area contributed by atoms with Gasteiger partial charge in [-0.15, -0.1) is 0 Å². The minimum absolute atomic E-state index is 0.0900. The molecule has 0 aliphatic rings.